The van der Waals surface area contributed by atoms with Gasteiger partial charge in [-0.25, -0.2) is 0 Å². The molecule has 0 saturated carbocycles. The highest BCUT2D eigenvalue weighted by Gasteiger charge is 2.30. The number of likely N-dealkylation sites (tertiary alicyclic amines) is 1. The van der Waals surface area contributed by atoms with Gasteiger partial charge in [-0.2, -0.15) is 0 Å². The highest BCUT2D eigenvalue weighted by atomic mass is 16.5. The van der Waals surface area contributed by atoms with Crippen molar-refractivity contribution < 1.29 is 14.3 Å². The van der Waals surface area contributed by atoms with Crippen molar-refractivity contribution in [2.75, 3.05) is 39.5 Å². The first-order chi connectivity index (χ1) is 8.31. The third kappa shape index (κ3) is 3.40. The van der Waals surface area contributed by atoms with Crippen LogP contribution in [0.15, 0.2) is 0 Å². The Morgan fingerprint density at radius 3 is 3.18 bits per heavy atom. The lowest BCUT2D eigenvalue weighted by molar-refractivity contribution is -0.140. The van der Waals surface area contributed by atoms with Gasteiger partial charge in [0.25, 0.3) is 0 Å². The predicted octanol–water partition coefficient (Wildman–Crippen LogP) is 0.00230. The number of ether oxygens (including phenoxy) is 2. The minimum atomic E-state index is -0.163. The van der Waals surface area contributed by atoms with E-state index in [-0.39, 0.29) is 18.1 Å². The van der Waals surface area contributed by atoms with Gasteiger partial charge in [0.1, 0.15) is 6.04 Å². The number of amides is 1. The van der Waals surface area contributed by atoms with Gasteiger partial charge in [0.2, 0.25) is 5.91 Å². The number of carbonyl (C=O) groups excluding carboxylic acids is 1. The molecule has 2 atom stereocenters. The average Bonchev–Trinajstić information content (AvgIpc) is 2.40. The third-order valence-electron chi connectivity index (χ3n) is 3.31. The van der Waals surface area contributed by atoms with E-state index in [1.165, 1.54) is 0 Å². The van der Waals surface area contributed by atoms with E-state index in [1.54, 1.807) is 0 Å². The first kappa shape index (κ1) is 12.8. The van der Waals surface area contributed by atoms with Crippen molar-refractivity contribution in [1.29, 1.82) is 0 Å². The Bertz CT molecular complexity index is 252. The van der Waals surface area contributed by atoms with Crippen LogP contribution in [0.25, 0.3) is 0 Å². The maximum atomic E-state index is 12.2. The molecular formula is C12H22N2O3. The average molecular weight is 242 g/mol. The van der Waals surface area contributed by atoms with Crippen molar-refractivity contribution in [2.24, 2.45) is 0 Å². The monoisotopic (exact) mass is 242 g/mol. The van der Waals surface area contributed by atoms with E-state index < -0.39 is 0 Å². The Kier molecular flexibility index (Phi) is 4.76. The van der Waals surface area contributed by atoms with Crippen LogP contribution in [0.4, 0.5) is 0 Å². The second kappa shape index (κ2) is 6.33. The highest BCUT2D eigenvalue weighted by molar-refractivity contribution is 5.82. The fourth-order valence-electron chi connectivity index (χ4n) is 2.45. The van der Waals surface area contributed by atoms with Gasteiger partial charge >= 0.3 is 0 Å². The number of hydrogen-bond donors (Lipinski definition) is 1. The van der Waals surface area contributed by atoms with Gasteiger partial charge in [-0.1, -0.05) is 0 Å². The van der Waals surface area contributed by atoms with Gasteiger partial charge in [-0.3, -0.25) is 4.79 Å². The van der Waals surface area contributed by atoms with Crippen LogP contribution in [-0.4, -0.2) is 62.4 Å². The lowest BCUT2D eigenvalue weighted by atomic mass is 10.1. The molecule has 17 heavy (non-hydrogen) atoms. The smallest absolute Gasteiger partial charge is 0.242 e. The minimum Gasteiger partial charge on any atom is -0.378 e. The van der Waals surface area contributed by atoms with Crippen LogP contribution in [0.2, 0.25) is 0 Å². The predicted molar refractivity (Wildman–Crippen MR) is 63.8 cm³/mol. The molecule has 2 rings (SSSR count). The number of rotatable bonds is 3. The van der Waals surface area contributed by atoms with Gasteiger partial charge in [-0.05, 0) is 19.8 Å². The van der Waals surface area contributed by atoms with Crippen LogP contribution in [0, 0.1) is 0 Å². The van der Waals surface area contributed by atoms with Crippen molar-refractivity contribution in [2.45, 2.75) is 31.9 Å². The first-order valence-electron chi connectivity index (χ1n) is 6.52. The molecule has 0 aliphatic carbocycles. The number of carbonyl (C=O) groups is 1. The Morgan fingerprint density at radius 2 is 2.47 bits per heavy atom. The fraction of sp³-hybridized carbons (Fsp3) is 0.917. The molecule has 1 amide bonds. The zero-order valence-electron chi connectivity index (χ0n) is 10.5. The van der Waals surface area contributed by atoms with Crippen molar-refractivity contribution in [3.63, 3.8) is 0 Å². The molecule has 2 fully saturated rings. The molecule has 2 heterocycles. The van der Waals surface area contributed by atoms with E-state index >= 15 is 0 Å². The van der Waals surface area contributed by atoms with Crippen LogP contribution in [-0.2, 0) is 14.3 Å². The molecule has 5 nitrogen and oxygen atoms in total. The number of piperidine rings is 1. The lowest BCUT2D eigenvalue weighted by Gasteiger charge is -2.35. The second-order valence-electron chi connectivity index (χ2n) is 4.59. The maximum Gasteiger partial charge on any atom is 0.242 e. The Balaban J connectivity index is 1.85. The number of hydrogen-bond acceptors (Lipinski definition) is 4. The van der Waals surface area contributed by atoms with E-state index in [9.17, 15) is 4.79 Å². The molecule has 2 saturated heterocycles. The van der Waals surface area contributed by atoms with Gasteiger partial charge in [-0.15, -0.1) is 0 Å². The molecule has 0 spiro atoms. The molecule has 0 aromatic heterocycles. The summed E-state index contributed by atoms with van der Waals surface area (Å²) in [5.41, 5.74) is 0. The van der Waals surface area contributed by atoms with Crippen molar-refractivity contribution in [1.82, 2.24) is 10.2 Å². The van der Waals surface area contributed by atoms with Crippen LogP contribution in [0.5, 0.6) is 0 Å². The van der Waals surface area contributed by atoms with Crippen molar-refractivity contribution in [3.8, 4) is 0 Å². The number of nitrogens with zero attached hydrogens (tertiary/aromatic N) is 1. The van der Waals surface area contributed by atoms with Crippen LogP contribution >= 0.6 is 0 Å². The van der Waals surface area contributed by atoms with Crippen molar-refractivity contribution >= 4 is 5.91 Å². The minimum absolute atomic E-state index is 0.161. The van der Waals surface area contributed by atoms with Crippen molar-refractivity contribution in [3.05, 3.63) is 0 Å². The standard InChI is InChI=1S/C12H22N2O3/c1-2-17-10-4-3-6-14(8-10)12(15)11-9-16-7-5-13-11/h10-11,13H,2-9H2,1H3/t10-,11-/m0/s1. The third-order valence-corrected chi connectivity index (χ3v) is 3.31. The topological polar surface area (TPSA) is 50.8 Å². The summed E-state index contributed by atoms with van der Waals surface area (Å²) in [6, 6.07) is -0.163. The molecular weight excluding hydrogens is 220 g/mol. The number of morpholine rings is 1. The lowest BCUT2D eigenvalue weighted by Crippen LogP contribution is -2.55. The molecule has 98 valence electrons. The summed E-state index contributed by atoms with van der Waals surface area (Å²) in [5, 5.41) is 3.21. The molecule has 2 aliphatic heterocycles. The van der Waals surface area contributed by atoms with Gasteiger partial charge < -0.3 is 19.7 Å². The summed E-state index contributed by atoms with van der Waals surface area (Å²) >= 11 is 0. The van der Waals surface area contributed by atoms with E-state index in [2.05, 4.69) is 5.32 Å². The van der Waals surface area contributed by atoms with Crippen LogP contribution < -0.4 is 5.32 Å². The second-order valence-corrected chi connectivity index (χ2v) is 4.59. The molecule has 1 N–H and O–H groups in total. The Labute approximate surface area is 102 Å². The van der Waals surface area contributed by atoms with Gasteiger partial charge in [0, 0.05) is 26.2 Å². The number of nitrogens with one attached hydrogen (secondary N) is 1. The quantitative estimate of drug-likeness (QED) is 0.757. The first-order valence-corrected chi connectivity index (χ1v) is 6.52. The maximum absolute atomic E-state index is 12.2. The summed E-state index contributed by atoms with van der Waals surface area (Å²) in [6.07, 6.45) is 2.30. The molecule has 2 aliphatic rings. The molecule has 0 aromatic rings. The summed E-state index contributed by atoms with van der Waals surface area (Å²) in [5.74, 6) is 0.161. The zero-order valence-corrected chi connectivity index (χ0v) is 10.5. The van der Waals surface area contributed by atoms with E-state index in [0.29, 0.717) is 13.2 Å². The molecule has 0 aromatic carbocycles. The summed E-state index contributed by atoms with van der Waals surface area (Å²) in [7, 11) is 0. The van der Waals surface area contributed by atoms with Crippen LogP contribution in [0.3, 0.4) is 0 Å². The molecule has 0 bridgehead atoms. The zero-order chi connectivity index (χ0) is 12.1. The summed E-state index contributed by atoms with van der Waals surface area (Å²) < 4.78 is 10.9. The van der Waals surface area contributed by atoms with E-state index in [4.69, 9.17) is 9.47 Å². The van der Waals surface area contributed by atoms with Crippen LogP contribution in [0.1, 0.15) is 19.8 Å². The largest absolute Gasteiger partial charge is 0.378 e. The summed E-state index contributed by atoms with van der Waals surface area (Å²) in [6.45, 7) is 6.25. The highest BCUT2D eigenvalue weighted by Crippen LogP contribution is 2.14. The molecule has 0 unspecified atom stereocenters. The normalized spacial score (nSPS) is 30.3. The van der Waals surface area contributed by atoms with Gasteiger partial charge in [0.05, 0.1) is 19.3 Å². The van der Waals surface area contributed by atoms with E-state index in [0.717, 1.165) is 39.1 Å². The SMILES string of the molecule is CCO[C@H]1CCCN(C(=O)[C@@H]2COCCN2)C1. The molecule has 5 heteroatoms. The Hall–Kier alpha value is -0.650. The molecule has 0 radical (unpaired) electrons. The summed E-state index contributed by atoms with van der Waals surface area (Å²) in [4.78, 5) is 14.1. The van der Waals surface area contributed by atoms with E-state index in [1.807, 2.05) is 11.8 Å². The van der Waals surface area contributed by atoms with Gasteiger partial charge in [0.15, 0.2) is 0 Å². The fourth-order valence-corrected chi connectivity index (χ4v) is 2.45. The Morgan fingerprint density at radius 1 is 1.59 bits per heavy atom.